The molecular weight excluding hydrogens is 426 g/mol. The molecular formula is C22H26F2N2O6. The van der Waals surface area contributed by atoms with Crippen LogP contribution in [0.15, 0.2) is 30.5 Å². The second-order valence-corrected chi connectivity index (χ2v) is 7.82. The van der Waals surface area contributed by atoms with Crippen molar-refractivity contribution in [2.24, 2.45) is 0 Å². The molecule has 2 heterocycles. The number of halogens is 2. The molecule has 32 heavy (non-hydrogen) atoms. The summed E-state index contributed by atoms with van der Waals surface area (Å²) in [5.41, 5.74) is -0.891. The summed E-state index contributed by atoms with van der Waals surface area (Å²) in [4.78, 5) is 17.2. The van der Waals surface area contributed by atoms with Crippen molar-refractivity contribution < 1.29 is 38.0 Å². The van der Waals surface area contributed by atoms with Crippen LogP contribution in [0, 0.1) is 11.6 Å². The van der Waals surface area contributed by atoms with Gasteiger partial charge in [-0.25, -0.2) is 4.39 Å². The van der Waals surface area contributed by atoms with E-state index in [0.717, 1.165) is 6.07 Å². The summed E-state index contributed by atoms with van der Waals surface area (Å²) in [6, 6.07) is 5.24. The lowest BCUT2D eigenvalue weighted by molar-refractivity contribution is -0.127. The SMILES string of the molecule is COc1c([C@@H]2[C@H](OC)[C@H](C)O[C@H]2C(=O)Nc2ccnc([C@](C)(O)CO)c2)ccc(F)c1F. The highest BCUT2D eigenvalue weighted by atomic mass is 19.2. The fourth-order valence-corrected chi connectivity index (χ4v) is 3.87. The quantitative estimate of drug-likeness (QED) is 0.590. The van der Waals surface area contributed by atoms with Crippen molar-refractivity contribution in [3.8, 4) is 5.75 Å². The predicted octanol–water partition coefficient (Wildman–Crippen LogP) is 2.09. The molecule has 0 aliphatic carbocycles. The molecule has 0 saturated carbocycles. The third-order valence-corrected chi connectivity index (χ3v) is 5.57. The monoisotopic (exact) mass is 452 g/mol. The molecule has 1 aliphatic heterocycles. The molecule has 0 radical (unpaired) electrons. The molecule has 1 saturated heterocycles. The average Bonchev–Trinajstić information content (AvgIpc) is 3.11. The van der Waals surface area contributed by atoms with E-state index in [-0.39, 0.29) is 17.0 Å². The molecule has 3 rings (SSSR count). The standard InChI is InChI=1S/C22H26F2N2O6/c1-11-18(30-3)16(13-5-6-14(23)17(24)19(13)31-4)20(32-11)21(28)26-12-7-8-25-15(9-12)22(2,29)10-27/h5-9,11,16,18,20,27,29H,10H2,1-4H3,(H,25,26,28)/t11-,16+,18+,20+,22+/m0/s1. The lowest BCUT2D eigenvalue weighted by atomic mass is 9.87. The molecule has 1 aromatic heterocycles. The Bertz CT molecular complexity index is 987. The van der Waals surface area contributed by atoms with Crippen molar-refractivity contribution in [3.63, 3.8) is 0 Å². The number of nitrogens with one attached hydrogen (secondary N) is 1. The molecule has 3 N–H and O–H groups in total. The minimum atomic E-state index is -1.60. The van der Waals surface area contributed by atoms with Crippen LogP contribution in [0.25, 0.3) is 0 Å². The fourth-order valence-electron chi connectivity index (χ4n) is 3.87. The number of benzene rings is 1. The molecule has 1 fully saturated rings. The number of hydrogen-bond donors (Lipinski definition) is 3. The number of hydrogen-bond acceptors (Lipinski definition) is 7. The number of rotatable bonds is 7. The van der Waals surface area contributed by atoms with Crippen molar-refractivity contribution in [1.29, 1.82) is 0 Å². The van der Waals surface area contributed by atoms with Gasteiger partial charge >= 0.3 is 0 Å². The maximum Gasteiger partial charge on any atom is 0.254 e. The van der Waals surface area contributed by atoms with Crippen molar-refractivity contribution in [2.75, 3.05) is 26.1 Å². The van der Waals surface area contributed by atoms with Gasteiger partial charge in [0.05, 0.1) is 37.5 Å². The van der Waals surface area contributed by atoms with Gasteiger partial charge in [-0.2, -0.15) is 4.39 Å². The minimum absolute atomic E-state index is 0.159. The zero-order valence-corrected chi connectivity index (χ0v) is 18.1. The number of aliphatic hydroxyl groups is 2. The lowest BCUT2D eigenvalue weighted by Crippen LogP contribution is -2.35. The van der Waals surface area contributed by atoms with Crippen LogP contribution in [0.4, 0.5) is 14.5 Å². The maximum atomic E-state index is 14.4. The van der Waals surface area contributed by atoms with Crippen molar-refractivity contribution in [2.45, 2.75) is 43.7 Å². The van der Waals surface area contributed by atoms with Gasteiger partial charge < -0.3 is 29.7 Å². The third-order valence-electron chi connectivity index (χ3n) is 5.57. The first-order valence-electron chi connectivity index (χ1n) is 9.95. The molecule has 1 aromatic carbocycles. The Morgan fingerprint density at radius 1 is 1.31 bits per heavy atom. The first-order chi connectivity index (χ1) is 15.1. The van der Waals surface area contributed by atoms with Crippen LogP contribution in [0.2, 0.25) is 0 Å². The van der Waals surface area contributed by atoms with Crippen LogP contribution in [0.3, 0.4) is 0 Å². The summed E-state index contributed by atoms with van der Waals surface area (Å²) in [6.45, 7) is 2.54. The zero-order valence-electron chi connectivity index (χ0n) is 18.1. The van der Waals surface area contributed by atoms with Crippen LogP contribution in [-0.2, 0) is 19.9 Å². The van der Waals surface area contributed by atoms with E-state index in [4.69, 9.17) is 14.2 Å². The topological polar surface area (TPSA) is 110 Å². The van der Waals surface area contributed by atoms with E-state index in [1.807, 2.05) is 0 Å². The summed E-state index contributed by atoms with van der Waals surface area (Å²) >= 11 is 0. The van der Waals surface area contributed by atoms with Gasteiger partial charge in [0.1, 0.15) is 11.7 Å². The second kappa shape index (κ2) is 9.45. The van der Waals surface area contributed by atoms with Gasteiger partial charge in [0, 0.05) is 24.6 Å². The second-order valence-electron chi connectivity index (χ2n) is 7.82. The van der Waals surface area contributed by atoms with Crippen LogP contribution >= 0.6 is 0 Å². The van der Waals surface area contributed by atoms with Crippen molar-refractivity contribution >= 4 is 11.6 Å². The van der Waals surface area contributed by atoms with Crippen LogP contribution in [-0.4, -0.2) is 60.2 Å². The molecule has 10 heteroatoms. The van der Waals surface area contributed by atoms with Crippen LogP contribution in [0.1, 0.15) is 31.0 Å². The van der Waals surface area contributed by atoms with E-state index >= 15 is 0 Å². The first-order valence-corrected chi connectivity index (χ1v) is 9.95. The van der Waals surface area contributed by atoms with E-state index in [1.165, 1.54) is 45.5 Å². The molecule has 174 valence electrons. The Morgan fingerprint density at radius 2 is 2.03 bits per heavy atom. The summed E-state index contributed by atoms with van der Waals surface area (Å²) in [7, 11) is 2.65. The van der Waals surface area contributed by atoms with Gasteiger partial charge in [0.15, 0.2) is 11.6 Å². The molecule has 0 spiro atoms. The number of aromatic nitrogens is 1. The number of pyridine rings is 1. The van der Waals surface area contributed by atoms with Gasteiger partial charge in [0.25, 0.3) is 5.91 Å². The average molecular weight is 452 g/mol. The van der Waals surface area contributed by atoms with Crippen molar-refractivity contribution in [1.82, 2.24) is 4.98 Å². The molecule has 2 aromatic rings. The zero-order chi connectivity index (χ0) is 23.6. The normalized spacial score (nSPS) is 24.8. The van der Waals surface area contributed by atoms with E-state index in [9.17, 15) is 23.8 Å². The van der Waals surface area contributed by atoms with Gasteiger partial charge in [-0.15, -0.1) is 0 Å². The maximum absolute atomic E-state index is 14.4. The van der Waals surface area contributed by atoms with Gasteiger partial charge in [-0.05, 0) is 32.0 Å². The van der Waals surface area contributed by atoms with Gasteiger partial charge in [-0.1, -0.05) is 6.07 Å². The summed E-state index contributed by atoms with van der Waals surface area (Å²) < 4.78 is 44.6. The number of ether oxygens (including phenoxy) is 3. The van der Waals surface area contributed by atoms with E-state index in [1.54, 1.807) is 6.92 Å². The van der Waals surface area contributed by atoms with E-state index in [2.05, 4.69) is 10.3 Å². The van der Waals surface area contributed by atoms with E-state index in [0.29, 0.717) is 5.69 Å². The Balaban J connectivity index is 1.95. The van der Waals surface area contributed by atoms with Gasteiger partial charge in [-0.3, -0.25) is 9.78 Å². The first kappa shape index (κ1) is 24.0. The predicted molar refractivity (Wildman–Crippen MR) is 110 cm³/mol. The van der Waals surface area contributed by atoms with Crippen molar-refractivity contribution in [3.05, 3.63) is 53.4 Å². The smallest absolute Gasteiger partial charge is 0.254 e. The third kappa shape index (κ3) is 4.44. The molecule has 8 nitrogen and oxygen atoms in total. The fraction of sp³-hybridized carbons (Fsp3) is 0.455. The minimum Gasteiger partial charge on any atom is -0.493 e. The Labute approximate surface area is 184 Å². The Hall–Kier alpha value is -2.66. The molecule has 1 aliphatic rings. The molecule has 5 atom stereocenters. The number of amides is 1. The lowest BCUT2D eigenvalue weighted by Gasteiger charge is -2.25. The van der Waals surface area contributed by atoms with Gasteiger partial charge in [0.2, 0.25) is 5.82 Å². The Kier molecular flexibility index (Phi) is 7.09. The van der Waals surface area contributed by atoms with E-state index < -0.39 is 54.0 Å². The molecule has 0 bridgehead atoms. The number of carbonyl (C=O) groups is 1. The highest BCUT2D eigenvalue weighted by Gasteiger charge is 2.48. The summed E-state index contributed by atoms with van der Waals surface area (Å²) in [6.07, 6.45) is -0.890. The van der Waals surface area contributed by atoms with Crippen LogP contribution < -0.4 is 10.1 Å². The number of nitrogens with zero attached hydrogens (tertiary/aromatic N) is 1. The molecule has 1 amide bonds. The molecule has 0 unspecified atom stereocenters. The number of aliphatic hydroxyl groups excluding tert-OH is 1. The number of methoxy groups -OCH3 is 2. The number of carbonyl (C=O) groups excluding carboxylic acids is 1. The summed E-state index contributed by atoms with van der Waals surface area (Å²) in [5, 5.41) is 22.3. The summed E-state index contributed by atoms with van der Waals surface area (Å²) in [5.74, 6) is -3.91. The Morgan fingerprint density at radius 3 is 2.66 bits per heavy atom. The van der Waals surface area contributed by atoms with Crippen LogP contribution in [0.5, 0.6) is 5.75 Å². The largest absolute Gasteiger partial charge is 0.493 e. The highest BCUT2D eigenvalue weighted by Crippen LogP contribution is 2.42. The number of anilines is 1. The highest BCUT2D eigenvalue weighted by molar-refractivity contribution is 5.95.